The molecule has 0 aromatic heterocycles. The summed E-state index contributed by atoms with van der Waals surface area (Å²) in [6, 6.07) is -0.701. The quantitative estimate of drug-likeness (QED) is 0.714. The van der Waals surface area contributed by atoms with Gasteiger partial charge in [-0.25, -0.2) is 4.79 Å². The van der Waals surface area contributed by atoms with Crippen molar-refractivity contribution in [3.8, 4) is 0 Å². The van der Waals surface area contributed by atoms with Gasteiger partial charge in [-0.05, 0) is 26.2 Å². The topological polar surface area (TPSA) is 95.9 Å². The molecule has 0 bridgehead atoms. The van der Waals surface area contributed by atoms with Crippen molar-refractivity contribution in [3.63, 3.8) is 0 Å². The van der Waals surface area contributed by atoms with E-state index in [1.807, 2.05) is 0 Å². The summed E-state index contributed by atoms with van der Waals surface area (Å²) in [6.07, 6.45) is 2.38. The normalized spacial score (nSPS) is 18.8. The number of carbonyl (C=O) groups is 3. The van der Waals surface area contributed by atoms with Crippen LogP contribution in [0.4, 0.5) is 4.79 Å². The van der Waals surface area contributed by atoms with E-state index in [2.05, 4.69) is 5.32 Å². The fourth-order valence-corrected chi connectivity index (χ4v) is 2.14. The van der Waals surface area contributed by atoms with Crippen LogP contribution in [0, 0.1) is 0 Å². The monoisotopic (exact) mass is 272 g/mol. The smallest absolute Gasteiger partial charge is 0.325 e. The third-order valence-electron chi connectivity index (χ3n) is 2.99. The van der Waals surface area contributed by atoms with Gasteiger partial charge in [0.15, 0.2) is 0 Å². The maximum absolute atomic E-state index is 11.9. The van der Waals surface area contributed by atoms with Crippen LogP contribution < -0.4 is 5.32 Å². The molecule has 2 amide bonds. The molecule has 1 unspecified atom stereocenters. The van der Waals surface area contributed by atoms with E-state index in [1.54, 1.807) is 6.92 Å². The molecule has 0 radical (unpaired) electrons. The van der Waals surface area contributed by atoms with E-state index in [9.17, 15) is 14.4 Å². The van der Waals surface area contributed by atoms with Crippen LogP contribution in [-0.4, -0.2) is 53.7 Å². The molecule has 1 heterocycles. The molecule has 2 N–H and O–H groups in total. The Morgan fingerprint density at radius 2 is 2.11 bits per heavy atom. The van der Waals surface area contributed by atoms with Crippen molar-refractivity contribution in [2.24, 2.45) is 0 Å². The summed E-state index contributed by atoms with van der Waals surface area (Å²) in [5.41, 5.74) is 0. The minimum atomic E-state index is -0.921. The lowest BCUT2D eigenvalue weighted by molar-refractivity contribution is -0.142. The summed E-state index contributed by atoms with van der Waals surface area (Å²) >= 11 is 0. The van der Waals surface area contributed by atoms with Crippen LogP contribution in [0.5, 0.6) is 0 Å². The number of likely N-dealkylation sites (tertiary alicyclic amines) is 1. The summed E-state index contributed by atoms with van der Waals surface area (Å²) in [7, 11) is 0. The number of esters is 1. The largest absolute Gasteiger partial charge is 0.481 e. The third kappa shape index (κ3) is 5.15. The minimum Gasteiger partial charge on any atom is -0.481 e. The summed E-state index contributed by atoms with van der Waals surface area (Å²) in [4.78, 5) is 35.3. The summed E-state index contributed by atoms with van der Waals surface area (Å²) in [5.74, 6) is -1.42. The average Bonchev–Trinajstić information content (AvgIpc) is 2.36. The number of nitrogens with zero attached hydrogens (tertiary/aromatic N) is 1. The highest BCUT2D eigenvalue weighted by Crippen LogP contribution is 2.19. The molecule has 1 atom stereocenters. The second-order valence-corrected chi connectivity index (χ2v) is 4.40. The number of hydrogen-bond acceptors (Lipinski definition) is 4. The average molecular weight is 272 g/mol. The van der Waals surface area contributed by atoms with Gasteiger partial charge < -0.3 is 20.1 Å². The Morgan fingerprint density at radius 1 is 1.37 bits per heavy atom. The first kappa shape index (κ1) is 15.3. The van der Waals surface area contributed by atoms with E-state index < -0.39 is 18.0 Å². The van der Waals surface area contributed by atoms with Gasteiger partial charge in [0, 0.05) is 12.6 Å². The molecule has 7 heteroatoms. The lowest BCUT2D eigenvalue weighted by Gasteiger charge is -2.34. The van der Waals surface area contributed by atoms with Gasteiger partial charge in [0.25, 0.3) is 0 Å². The SMILES string of the molecule is CCOC(=O)CNC(=O)N1CCCCC1CC(=O)O. The van der Waals surface area contributed by atoms with Crippen molar-refractivity contribution in [1.29, 1.82) is 0 Å². The number of carboxylic acid groups (broad SMARTS) is 1. The van der Waals surface area contributed by atoms with Crippen LogP contribution in [0.2, 0.25) is 0 Å². The predicted molar refractivity (Wildman–Crippen MR) is 66.6 cm³/mol. The number of nitrogens with one attached hydrogen (secondary N) is 1. The lowest BCUT2D eigenvalue weighted by atomic mass is 10.00. The second-order valence-electron chi connectivity index (χ2n) is 4.40. The second kappa shape index (κ2) is 7.60. The number of carboxylic acids is 1. The van der Waals surface area contributed by atoms with Crippen LogP contribution in [0.1, 0.15) is 32.6 Å². The molecule has 7 nitrogen and oxygen atoms in total. The number of rotatable bonds is 5. The predicted octanol–water partition coefficient (Wildman–Crippen LogP) is 0.588. The fraction of sp³-hybridized carbons (Fsp3) is 0.750. The first-order valence-corrected chi connectivity index (χ1v) is 6.46. The molecule has 19 heavy (non-hydrogen) atoms. The van der Waals surface area contributed by atoms with Gasteiger partial charge in [-0.1, -0.05) is 0 Å². The van der Waals surface area contributed by atoms with Crippen LogP contribution in [0.15, 0.2) is 0 Å². The molecule has 0 aliphatic carbocycles. The van der Waals surface area contributed by atoms with Gasteiger partial charge in [0.1, 0.15) is 6.54 Å². The molecule has 0 aromatic rings. The van der Waals surface area contributed by atoms with Crippen LogP contribution in [0.25, 0.3) is 0 Å². The number of carbonyl (C=O) groups excluding carboxylic acids is 2. The zero-order valence-corrected chi connectivity index (χ0v) is 11.1. The number of hydrogen-bond donors (Lipinski definition) is 2. The maximum Gasteiger partial charge on any atom is 0.325 e. The number of aliphatic carboxylic acids is 1. The Balaban J connectivity index is 2.47. The van der Waals surface area contributed by atoms with Crippen LogP contribution in [-0.2, 0) is 14.3 Å². The van der Waals surface area contributed by atoms with Gasteiger partial charge in [-0.15, -0.1) is 0 Å². The minimum absolute atomic E-state index is 0.0627. The van der Waals surface area contributed by atoms with E-state index in [-0.39, 0.29) is 25.6 Å². The molecule has 1 fully saturated rings. The Bertz CT molecular complexity index is 345. The summed E-state index contributed by atoms with van der Waals surface area (Å²) in [6.45, 7) is 2.28. The van der Waals surface area contributed by atoms with Crippen molar-refractivity contribution < 1.29 is 24.2 Å². The van der Waals surface area contributed by atoms with Gasteiger partial charge in [0.2, 0.25) is 0 Å². The molecule has 1 saturated heterocycles. The molecule has 1 aliphatic rings. The first-order chi connectivity index (χ1) is 9.04. The Hall–Kier alpha value is -1.79. The van der Waals surface area contributed by atoms with E-state index in [0.29, 0.717) is 13.0 Å². The fourth-order valence-electron chi connectivity index (χ4n) is 2.14. The molecule has 1 rings (SSSR count). The van der Waals surface area contributed by atoms with E-state index in [0.717, 1.165) is 12.8 Å². The van der Waals surface area contributed by atoms with Crippen LogP contribution >= 0.6 is 0 Å². The number of piperidine rings is 1. The van der Waals surface area contributed by atoms with Crippen molar-refractivity contribution >= 4 is 18.0 Å². The van der Waals surface area contributed by atoms with E-state index in [1.165, 1.54) is 4.90 Å². The van der Waals surface area contributed by atoms with E-state index >= 15 is 0 Å². The van der Waals surface area contributed by atoms with Crippen molar-refractivity contribution in [2.75, 3.05) is 19.7 Å². The molecular weight excluding hydrogens is 252 g/mol. The third-order valence-corrected chi connectivity index (χ3v) is 2.99. The van der Waals surface area contributed by atoms with Crippen molar-refractivity contribution in [2.45, 2.75) is 38.6 Å². The first-order valence-electron chi connectivity index (χ1n) is 6.46. The zero-order valence-electron chi connectivity index (χ0n) is 11.1. The molecule has 108 valence electrons. The number of amides is 2. The number of urea groups is 1. The highest BCUT2D eigenvalue weighted by atomic mass is 16.5. The van der Waals surface area contributed by atoms with E-state index in [4.69, 9.17) is 9.84 Å². The van der Waals surface area contributed by atoms with Crippen molar-refractivity contribution in [1.82, 2.24) is 10.2 Å². The van der Waals surface area contributed by atoms with Gasteiger partial charge >= 0.3 is 18.0 Å². The maximum atomic E-state index is 11.9. The Kier molecular flexibility index (Phi) is 6.11. The standard InChI is InChI=1S/C12H20N2O5/c1-2-19-11(17)8-13-12(18)14-6-4-3-5-9(14)7-10(15)16/h9H,2-8H2,1H3,(H,13,18)(H,15,16). The zero-order chi connectivity index (χ0) is 14.3. The molecule has 0 spiro atoms. The van der Waals surface area contributed by atoms with Gasteiger partial charge in [-0.2, -0.15) is 0 Å². The van der Waals surface area contributed by atoms with Gasteiger partial charge in [-0.3, -0.25) is 9.59 Å². The van der Waals surface area contributed by atoms with Crippen molar-refractivity contribution in [3.05, 3.63) is 0 Å². The highest BCUT2D eigenvalue weighted by molar-refractivity contribution is 5.81. The highest BCUT2D eigenvalue weighted by Gasteiger charge is 2.28. The molecular formula is C12H20N2O5. The summed E-state index contributed by atoms with van der Waals surface area (Å²) in [5, 5.41) is 11.3. The van der Waals surface area contributed by atoms with Gasteiger partial charge in [0.05, 0.1) is 13.0 Å². The molecule has 1 aliphatic heterocycles. The Morgan fingerprint density at radius 3 is 2.74 bits per heavy atom. The van der Waals surface area contributed by atoms with Crippen LogP contribution in [0.3, 0.4) is 0 Å². The molecule has 0 aromatic carbocycles. The Labute approximate surface area is 111 Å². The summed E-state index contributed by atoms with van der Waals surface area (Å²) < 4.78 is 4.70. The lowest BCUT2D eigenvalue weighted by Crippen LogP contribution is -2.50. The molecule has 0 saturated carbocycles. The number of ether oxygens (including phenoxy) is 1.